The minimum atomic E-state index is -0.693. The van der Waals surface area contributed by atoms with E-state index in [1.807, 2.05) is 34.6 Å². The van der Waals surface area contributed by atoms with Gasteiger partial charge in [-0.3, -0.25) is 4.90 Å². The van der Waals surface area contributed by atoms with Crippen LogP contribution in [0.5, 0.6) is 0 Å². The zero-order valence-electron chi connectivity index (χ0n) is 13.9. The molecule has 21 heavy (non-hydrogen) atoms. The van der Waals surface area contributed by atoms with Crippen LogP contribution in [0.25, 0.3) is 0 Å². The number of carbonyl (C=O) groups excluding carboxylic acids is 1. The third-order valence-corrected chi connectivity index (χ3v) is 3.53. The molecule has 0 saturated carbocycles. The molecule has 1 rings (SSSR count). The van der Waals surface area contributed by atoms with Gasteiger partial charge in [-0.2, -0.15) is 0 Å². The van der Waals surface area contributed by atoms with Crippen molar-refractivity contribution in [1.82, 2.24) is 4.90 Å². The highest BCUT2D eigenvalue weighted by molar-refractivity contribution is 5.69. The molecule has 122 valence electrons. The smallest absolute Gasteiger partial charge is 0.412 e. The quantitative estimate of drug-likeness (QED) is 0.793. The lowest BCUT2D eigenvalue weighted by atomic mass is 9.97. The normalized spacial score (nSPS) is 23.0. The molecule has 5 heteroatoms. The minimum Gasteiger partial charge on any atom is -0.444 e. The lowest BCUT2D eigenvalue weighted by molar-refractivity contribution is -0.0633. The van der Waals surface area contributed by atoms with Gasteiger partial charge >= 0.3 is 6.09 Å². The summed E-state index contributed by atoms with van der Waals surface area (Å²) in [6.45, 7) is 13.5. The van der Waals surface area contributed by atoms with Crippen LogP contribution in [0.1, 0.15) is 47.5 Å². The van der Waals surface area contributed by atoms with Crippen molar-refractivity contribution in [3.05, 3.63) is 12.7 Å². The number of ether oxygens (including phenoxy) is 2. The van der Waals surface area contributed by atoms with E-state index in [0.717, 1.165) is 6.42 Å². The summed E-state index contributed by atoms with van der Waals surface area (Å²) in [6, 6.07) is -0.0908. The van der Waals surface area contributed by atoms with Crippen molar-refractivity contribution in [3.8, 4) is 0 Å². The number of amides is 1. The number of nitrogens with zero attached hydrogens (tertiary/aromatic N) is 1. The molecule has 0 bridgehead atoms. The van der Waals surface area contributed by atoms with E-state index in [-0.39, 0.29) is 24.7 Å². The highest BCUT2D eigenvalue weighted by Crippen LogP contribution is 2.32. The van der Waals surface area contributed by atoms with E-state index >= 15 is 0 Å². The number of aliphatic hydroxyl groups excluding tert-OH is 1. The molecule has 2 atom stereocenters. The van der Waals surface area contributed by atoms with Crippen molar-refractivity contribution in [2.24, 2.45) is 5.92 Å². The van der Waals surface area contributed by atoms with Gasteiger partial charge in [-0.15, -0.1) is 6.58 Å². The molecule has 1 heterocycles. The Kier molecular flexibility index (Phi) is 5.82. The number of allylic oxidation sites excluding steroid dienone is 1. The third-order valence-electron chi connectivity index (χ3n) is 3.53. The molecule has 1 unspecified atom stereocenters. The zero-order chi connectivity index (χ0) is 16.3. The standard InChI is InChI=1S/C16H29NO4/c1-7-8-12(10-18)9-13-11-20-16(5,6)17(13)14(19)21-15(2,3)4/h7,12-13,18H,1,8-11H2,2-6H3/t12-,13?/m1/s1. The summed E-state index contributed by atoms with van der Waals surface area (Å²) >= 11 is 0. The van der Waals surface area contributed by atoms with Crippen molar-refractivity contribution < 1.29 is 19.4 Å². The van der Waals surface area contributed by atoms with Crippen molar-refractivity contribution in [1.29, 1.82) is 0 Å². The van der Waals surface area contributed by atoms with Gasteiger partial charge in [0.15, 0.2) is 0 Å². The van der Waals surface area contributed by atoms with Crippen LogP contribution in [-0.2, 0) is 9.47 Å². The molecule has 5 nitrogen and oxygen atoms in total. The predicted octanol–water partition coefficient (Wildman–Crippen LogP) is 2.93. The first-order valence-corrected chi connectivity index (χ1v) is 7.48. The first kappa shape index (κ1) is 18.0. The molecule has 0 spiro atoms. The summed E-state index contributed by atoms with van der Waals surface area (Å²) in [5, 5.41) is 9.44. The summed E-state index contributed by atoms with van der Waals surface area (Å²) in [4.78, 5) is 14.1. The second-order valence-electron chi connectivity index (χ2n) is 7.07. The fourth-order valence-corrected chi connectivity index (χ4v) is 2.60. The number of aliphatic hydroxyl groups is 1. The van der Waals surface area contributed by atoms with Gasteiger partial charge < -0.3 is 14.6 Å². The second kappa shape index (κ2) is 6.79. The van der Waals surface area contributed by atoms with Crippen LogP contribution in [0.3, 0.4) is 0 Å². The van der Waals surface area contributed by atoms with E-state index in [2.05, 4.69) is 6.58 Å². The van der Waals surface area contributed by atoms with Crippen molar-refractivity contribution in [2.75, 3.05) is 13.2 Å². The Bertz CT molecular complexity index is 373. The van der Waals surface area contributed by atoms with Crippen LogP contribution in [0.2, 0.25) is 0 Å². The van der Waals surface area contributed by atoms with Crippen molar-refractivity contribution >= 4 is 6.09 Å². The van der Waals surface area contributed by atoms with Gasteiger partial charge in [0.2, 0.25) is 0 Å². The van der Waals surface area contributed by atoms with E-state index in [4.69, 9.17) is 9.47 Å². The summed E-state index contributed by atoms with van der Waals surface area (Å²) in [5.41, 5.74) is -1.24. The van der Waals surface area contributed by atoms with Gasteiger partial charge in [-0.1, -0.05) is 6.08 Å². The van der Waals surface area contributed by atoms with E-state index in [1.165, 1.54) is 0 Å². The maximum absolute atomic E-state index is 12.5. The molecule has 1 N–H and O–H groups in total. The molecular weight excluding hydrogens is 270 g/mol. The molecule has 0 aromatic carbocycles. The largest absolute Gasteiger partial charge is 0.444 e. The van der Waals surface area contributed by atoms with Crippen LogP contribution in [0.15, 0.2) is 12.7 Å². The maximum atomic E-state index is 12.5. The Hall–Kier alpha value is -1.07. The summed E-state index contributed by atoms with van der Waals surface area (Å²) < 4.78 is 11.2. The molecule has 0 radical (unpaired) electrons. The first-order chi connectivity index (χ1) is 9.60. The van der Waals surface area contributed by atoms with Gasteiger partial charge in [0.25, 0.3) is 0 Å². The molecule has 1 amide bonds. The molecule has 1 saturated heterocycles. The Morgan fingerprint density at radius 1 is 1.57 bits per heavy atom. The predicted molar refractivity (Wildman–Crippen MR) is 81.9 cm³/mol. The molecular formula is C16H29NO4. The van der Waals surface area contributed by atoms with Crippen LogP contribution in [-0.4, -0.2) is 46.7 Å². The number of hydrogen-bond acceptors (Lipinski definition) is 4. The van der Waals surface area contributed by atoms with Crippen LogP contribution >= 0.6 is 0 Å². The third kappa shape index (κ3) is 5.00. The van der Waals surface area contributed by atoms with Crippen LogP contribution < -0.4 is 0 Å². The summed E-state index contributed by atoms with van der Waals surface area (Å²) in [5.74, 6) is 0.0786. The fourth-order valence-electron chi connectivity index (χ4n) is 2.60. The minimum absolute atomic E-state index is 0.0745. The summed E-state index contributed by atoms with van der Waals surface area (Å²) in [7, 11) is 0. The average Bonchev–Trinajstić information content (AvgIpc) is 2.61. The number of rotatable bonds is 5. The lowest BCUT2D eigenvalue weighted by Crippen LogP contribution is -2.50. The maximum Gasteiger partial charge on any atom is 0.412 e. The Labute approximate surface area is 127 Å². The Morgan fingerprint density at radius 3 is 2.67 bits per heavy atom. The van der Waals surface area contributed by atoms with Crippen molar-refractivity contribution in [2.45, 2.75) is 64.8 Å². The van der Waals surface area contributed by atoms with E-state index < -0.39 is 11.3 Å². The highest BCUT2D eigenvalue weighted by Gasteiger charge is 2.45. The first-order valence-electron chi connectivity index (χ1n) is 7.48. The average molecular weight is 299 g/mol. The summed E-state index contributed by atoms with van der Waals surface area (Å²) in [6.07, 6.45) is 2.81. The van der Waals surface area contributed by atoms with Gasteiger partial charge in [0, 0.05) is 6.61 Å². The highest BCUT2D eigenvalue weighted by atomic mass is 16.6. The van der Waals surface area contributed by atoms with Crippen LogP contribution in [0.4, 0.5) is 4.79 Å². The Morgan fingerprint density at radius 2 is 2.19 bits per heavy atom. The van der Waals surface area contributed by atoms with Gasteiger partial charge in [-0.25, -0.2) is 4.79 Å². The molecule has 1 aliphatic rings. The molecule has 0 aromatic heterocycles. The monoisotopic (exact) mass is 299 g/mol. The van der Waals surface area contributed by atoms with Crippen molar-refractivity contribution in [3.63, 3.8) is 0 Å². The molecule has 0 aliphatic carbocycles. The zero-order valence-corrected chi connectivity index (χ0v) is 13.9. The van der Waals surface area contributed by atoms with E-state index in [0.29, 0.717) is 13.0 Å². The van der Waals surface area contributed by atoms with Gasteiger partial charge in [0.05, 0.1) is 12.6 Å². The second-order valence-corrected chi connectivity index (χ2v) is 7.07. The Balaban J connectivity index is 2.83. The topological polar surface area (TPSA) is 59.0 Å². The lowest BCUT2D eigenvalue weighted by Gasteiger charge is -2.35. The van der Waals surface area contributed by atoms with Crippen LogP contribution in [0, 0.1) is 5.92 Å². The van der Waals surface area contributed by atoms with E-state index in [9.17, 15) is 9.90 Å². The van der Waals surface area contributed by atoms with Gasteiger partial charge in [-0.05, 0) is 53.4 Å². The molecule has 0 aromatic rings. The molecule has 1 aliphatic heterocycles. The number of hydrogen-bond donors (Lipinski definition) is 1. The number of carbonyl (C=O) groups is 1. The fraction of sp³-hybridized carbons (Fsp3) is 0.812. The molecule has 1 fully saturated rings. The van der Waals surface area contributed by atoms with E-state index in [1.54, 1.807) is 11.0 Å². The SMILES string of the molecule is C=CC[C@@H](CO)CC1COC(C)(C)N1C(=O)OC(C)(C)C. The van der Waals surface area contributed by atoms with Gasteiger partial charge in [0.1, 0.15) is 11.3 Å².